The second-order valence-electron chi connectivity index (χ2n) is 8.12. The Labute approximate surface area is 184 Å². The molecule has 0 amide bonds. The third-order valence-electron chi connectivity index (χ3n) is 6.13. The highest BCUT2D eigenvalue weighted by atomic mass is 32.2. The molecule has 2 atom stereocenters. The van der Waals surface area contributed by atoms with Crippen LogP contribution < -0.4 is 0 Å². The Bertz CT molecular complexity index is 1100. The summed E-state index contributed by atoms with van der Waals surface area (Å²) in [4.78, 5) is -0.300. The molecule has 10 nitrogen and oxygen atoms in total. The van der Waals surface area contributed by atoms with Gasteiger partial charge < -0.3 is 4.90 Å². The van der Waals surface area contributed by atoms with Gasteiger partial charge in [0, 0.05) is 12.6 Å². The van der Waals surface area contributed by atoms with Crippen molar-refractivity contribution in [3.8, 4) is 0 Å². The van der Waals surface area contributed by atoms with Gasteiger partial charge in [-0.3, -0.25) is 13.7 Å². The van der Waals surface area contributed by atoms with E-state index < -0.39 is 52.1 Å². The van der Waals surface area contributed by atoms with Gasteiger partial charge in [0.2, 0.25) is 0 Å². The zero-order valence-corrected chi connectivity index (χ0v) is 19.8. The molecule has 176 valence electrons. The van der Waals surface area contributed by atoms with Gasteiger partial charge in [0.15, 0.2) is 10.6 Å². The van der Waals surface area contributed by atoms with Gasteiger partial charge in [0.25, 0.3) is 30.4 Å². The predicted octanol–water partition coefficient (Wildman–Crippen LogP) is 1.82. The maximum absolute atomic E-state index is 12.7. The van der Waals surface area contributed by atoms with E-state index in [9.17, 15) is 29.8 Å². The molecule has 3 N–H and O–H groups in total. The van der Waals surface area contributed by atoms with E-state index in [0.717, 1.165) is 0 Å². The van der Waals surface area contributed by atoms with Gasteiger partial charge in [0.05, 0.1) is 28.6 Å². The highest BCUT2D eigenvalue weighted by molar-refractivity contribution is 7.87. The normalized spacial score (nSPS) is 26.3. The van der Waals surface area contributed by atoms with E-state index >= 15 is 0 Å². The fourth-order valence-electron chi connectivity index (χ4n) is 4.32. The largest absolute Gasteiger partial charge is 0.327 e. The molecule has 0 bridgehead atoms. The van der Waals surface area contributed by atoms with Crippen LogP contribution >= 0.6 is 0 Å². The van der Waals surface area contributed by atoms with Crippen LogP contribution in [-0.4, -0.2) is 66.7 Å². The van der Waals surface area contributed by atoms with Crippen molar-refractivity contribution in [3.05, 3.63) is 35.6 Å². The van der Waals surface area contributed by atoms with Crippen molar-refractivity contribution in [3.63, 3.8) is 0 Å². The van der Waals surface area contributed by atoms with Crippen LogP contribution in [0.3, 0.4) is 0 Å². The first-order chi connectivity index (χ1) is 14.0. The zero-order valence-electron chi connectivity index (χ0n) is 17.4. The Morgan fingerprint density at radius 3 is 1.97 bits per heavy atom. The number of hydrogen-bond acceptors (Lipinski definition) is 7. The molecule has 31 heavy (non-hydrogen) atoms. The summed E-state index contributed by atoms with van der Waals surface area (Å²) in [6.07, 6.45) is 8.69. The number of rotatable bonds is 11. The zero-order chi connectivity index (χ0) is 23.7. The standard InChI is InChI=1S/C18H27NO9S3/c1-17(11-5-7-13-29(20,21)22)15-9-3-4-10-16(15)19(18(17,2)31(26,27)28)12-6-8-14-30(23,24)25/h4,9-10H,5-8,11-14H2,1-2H3,(H2-,20,21,22,23,24,25,26,27,28)/p+1. The summed E-state index contributed by atoms with van der Waals surface area (Å²) in [7, 11) is -13.0. The molecule has 1 aliphatic carbocycles. The summed E-state index contributed by atoms with van der Waals surface area (Å²) in [5.41, 5.74) is 0.00966. The minimum Gasteiger partial charge on any atom is -0.327 e. The van der Waals surface area contributed by atoms with Crippen LogP contribution in [0.4, 0.5) is 0 Å². The molecule has 1 aliphatic heterocycles. The summed E-state index contributed by atoms with van der Waals surface area (Å²) in [6, 6.07) is 0. The van der Waals surface area contributed by atoms with Gasteiger partial charge in [-0.25, -0.2) is 0 Å². The molecule has 0 fully saturated rings. The second kappa shape index (κ2) is 8.89. The lowest BCUT2D eigenvalue weighted by Crippen LogP contribution is -2.57. The van der Waals surface area contributed by atoms with Gasteiger partial charge in [-0.1, -0.05) is 6.42 Å². The van der Waals surface area contributed by atoms with E-state index in [1.165, 1.54) is 11.8 Å². The molecule has 0 saturated heterocycles. The molecule has 2 aliphatic rings. The average molecular weight is 499 g/mol. The fraction of sp³-hybridized carbons (Fsp3) is 0.667. The SMILES string of the molecule is CC1(CCCCS(=O)(=O)O)C2=C(C=C[C+]=C2)N(CCCCS(=O)(=O)O)C1(C)S(=O)(=O)O. The van der Waals surface area contributed by atoms with Gasteiger partial charge in [0.1, 0.15) is 12.2 Å². The Balaban J connectivity index is 2.38. The summed E-state index contributed by atoms with van der Waals surface area (Å²) < 4.78 is 97.4. The second-order valence-corrected chi connectivity index (χ2v) is 13.0. The number of hydrogen-bond donors (Lipinski definition) is 3. The highest BCUT2D eigenvalue weighted by Gasteiger charge is 2.67. The van der Waals surface area contributed by atoms with Crippen molar-refractivity contribution in [2.45, 2.75) is 50.8 Å². The van der Waals surface area contributed by atoms with E-state index in [-0.39, 0.29) is 38.6 Å². The quantitative estimate of drug-likeness (QED) is 0.217. The lowest BCUT2D eigenvalue weighted by atomic mass is 9.73. The third kappa shape index (κ3) is 5.54. The van der Waals surface area contributed by atoms with E-state index in [0.29, 0.717) is 11.3 Å². The van der Waals surface area contributed by atoms with Crippen LogP contribution in [-0.2, 0) is 30.4 Å². The lowest BCUT2D eigenvalue weighted by Gasteiger charge is -2.43. The van der Waals surface area contributed by atoms with Gasteiger partial charge >= 0.3 is 0 Å². The van der Waals surface area contributed by atoms with Crippen molar-refractivity contribution in [2.75, 3.05) is 18.1 Å². The topological polar surface area (TPSA) is 166 Å². The summed E-state index contributed by atoms with van der Waals surface area (Å²) in [5, 5.41) is 0. The van der Waals surface area contributed by atoms with Crippen LogP contribution in [0.2, 0.25) is 0 Å². The number of unbranched alkanes of at least 4 members (excludes halogenated alkanes) is 2. The van der Waals surface area contributed by atoms with E-state index in [1.54, 1.807) is 25.2 Å². The van der Waals surface area contributed by atoms with Crippen molar-refractivity contribution >= 4 is 30.4 Å². The summed E-state index contributed by atoms with van der Waals surface area (Å²) >= 11 is 0. The minimum absolute atomic E-state index is 0.0935. The highest BCUT2D eigenvalue weighted by Crippen LogP contribution is 2.57. The first kappa shape index (κ1) is 25.9. The van der Waals surface area contributed by atoms with E-state index in [2.05, 4.69) is 6.08 Å². The van der Waals surface area contributed by atoms with Gasteiger partial charge in [-0.05, 0) is 39.5 Å². The van der Waals surface area contributed by atoms with Crippen LogP contribution in [0.25, 0.3) is 0 Å². The molecule has 1 heterocycles. The molecule has 0 aromatic carbocycles. The minimum atomic E-state index is -4.68. The molecule has 2 unspecified atom stereocenters. The van der Waals surface area contributed by atoms with Crippen molar-refractivity contribution in [1.82, 2.24) is 4.90 Å². The van der Waals surface area contributed by atoms with Gasteiger partial charge in [-0.2, -0.15) is 25.3 Å². The van der Waals surface area contributed by atoms with Crippen molar-refractivity contribution in [2.24, 2.45) is 5.41 Å². The molecule has 2 rings (SSSR count). The fourth-order valence-corrected chi connectivity index (χ4v) is 6.71. The predicted molar refractivity (Wildman–Crippen MR) is 115 cm³/mol. The van der Waals surface area contributed by atoms with Crippen molar-refractivity contribution in [1.29, 1.82) is 0 Å². The Hall–Kier alpha value is -1.34. The molecular weight excluding hydrogens is 470 g/mol. The van der Waals surface area contributed by atoms with Crippen molar-refractivity contribution < 1.29 is 38.9 Å². The summed E-state index contributed by atoms with van der Waals surface area (Å²) in [5.74, 6) is -0.926. The van der Waals surface area contributed by atoms with Crippen LogP contribution in [0.1, 0.15) is 46.0 Å². The monoisotopic (exact) mass is 498 g/mol. The van der Waals surface area contributed by atoms with Crippen LogP contribution in [0.5, 0.6) is 0 Å². The Kier molecular flexibility index (Phi) is 7.43. The first-order valence-corrected chi connectivity index (χ1v) is 14.3. The molecule has 0 spiro atoms. The molecule has 13 heteroatoms. The Morgan fingerprint density at radius 2 is 1.45 bits per heavy atom. The van der Waals surface area contributed by atoms with E-state index in [1.807, 2.05) is 0 Å². The summed E-state index contributed by atoms with van der Waals surface area (Å²) in [6.45, 7) is 3.15. The maximum Gasteiger partial charge on any atom is 0.291 e. The van der Waals surface area contributed by atoms with Gasteiger partial charge in [-0.15, -0.1) is 0 Å². The number of allylic oxidation sites excluding steroid dienone is 4. The van der Waals surface area contributed by atoms with E-state index in [4.69, 9.17) is 9.11 Å². The van der Waals surface area contributed by atoms with Crippen LogP contribution in [0, 0.1) is 11.5 Å². The maximum atomic E-state index is 12.7. The average Bonchev–Trinajstić information content (AvgIpc) is 2.81. The third-order valence-corrected chi connectivity index (χ3v) is 9.42. The molecular formula is C18H28NO9S3+. The van der Waals surface area contributed by atoms with Crippen LogP contribution in [0.15, 0.2) is 29.5 Å². The lowest BCUT2D eigenvalue weighted by molar-refractivity contribution is 0.126. The first-order valence-electron chi connectivity index (χ1n) is 9.68. The molecule has 0 aromatic rings. The number of nitrogens with zero attached hydrogens (tertiary/aromatic N) is 1. The molecule has 0 aromatic heterocycles. The Morgan fingerprint density at radius 1 is 0.903 bits per heavy atom. The molecule has 0 saturated carbocycles. The molecule has 0 radical (unpaired) electrons. The smallest absolute Gasteiger partial charge is 0.291 e.